The van der Waals surface area contributed by atoms with E-state index in [4.69, 9.17) is 9.57 Å². The van der Waals surface area contributed by atoms with E-state index in [0.717, 1.165) is 11.1 Å². The lowest BCUT2D eigenvalue weighted by atomic mass is 9.85. The Bertz CT molecular complexity index is 900. The number of carbonyl (C=O) groups is 2. The molecule has 1 saturated heterocycles. The average molecular weight is 413 g/mol. The monoisotopic (exact) mass is 412 g/mol. The van der Waals surface area contributed by atoms with E-state index in [9.17, 15) is 9.59 Å². The Balaban J connectivity index is 1.78. The smallest absolute Gasteiger partial charge is 0.316 e. The fraction of sp³-hybridized carbons (Fsp3) is 0.583. The first kappa shape index (κ1) is 21.1. The second-order valence-electron chi connectivity index (χ2n) is 9.84. The molecule has 1 aliphatic carbocycles. The fourth-order valence-electron chi connectivity index (χ4n) is 4.36. The summed E-state index contributed by atoms with van der Waals surface area (Å²) in [5.74, 6) is 0.629. The van der Waals surface area contributed by atoms with Crippen LogP contribution in [0.2, 0.25) is 0 Å². The summed E-state index contributed by atoms with van der Waals surface area (Å²) in [6.07, 6.45) is 3.72. The highest BCUT2D eigenvalue weighted by Crippen LogP contribution is 2.44. The van der Waals surface area contributed by atoms with Crippen molar-refractivity contribution in [3.63, 3.8) is 0 Å². The minimum atomic E-state index is -0.677. The van der Waals surface area contributed by atoms with Crippen molar-refractivity contribution in [2.75, 3.05) is 20.2 Å². The van der Waals surface area contributed by atoms with Crippen molar-refractivity contribution in [2.45, 2.75) is 64.8 Å². The Kier molecular flexibility index (Phi) is 5.27. The maximum absolute atomic E-state index is 13.2. The molecule has 6 heteroatoms. The normalized spacial score (nSPS) is 21.8. The van der Waals surface area contributed by atoms with Crippen LogP contribution in [0.3, 0.4) is 0 Å². The number of nitrogens with zero attached hydrogens (tertiary/aromatic N) is 1. The molecule has 1 N–H and O–H groups in total. The third-order valence-corrected chi connectivity index (χ3v) is 6.45. The quantitative estimate of drug-likeness (QED) is 0.764. The van der Waals surface area contributed by atoms with Crippen LogP contribution in [0.25, 0.3) is 5.57 Å². The maximum Gasteiger partial charge on any atom is 0.316 e. The van der Waals surface area contributed by atoms with E-state index in [-0.39, 0.29) is 11.9 Å². The van der Waals surface area contributed by atoms with Crippen LogP contribution in [-0.4, -0.2) is 42.7 Å². The van der Waals surface area contributed by atoms with Crippen molar-refractivity contribution in [3.05, 3.63) is 40.6 Å². The predicted molar refractivity (Wildman–Crippen MR) is 114 cm³/mol. The number of ether oxygens (including phenoxy) is 1. The SMILES string of the molecule is CON1CCC2(CC1)NC(=O)C(c1ccc(C3CC3)cc1C)=C2OC(=O)C(C)(C)C. The third-order valence-electron chi connectivity index (χ3n) is 6.45. The third kappa shape index (κ3) is 3.79. The summed E-state index contributed by atoms with van der Waals surface area (Å²) in [7, 11) is 1.65. The molecule has 3 aliphatic rings. The highest BCUT2D eigenvalue weighted by atomic mass is 16.7. The van der Waals surface area contributed by atoms with Crippen LogP contribution in [0.5, 0.6) is 0 Å². The summed E-state index contributed by atoms with van der Waals surface area (Å²) in [6.45, 7) is 8.82. The van der Waals surface area contributed by atoms with Gasteiger partial charge in [-0.3, -0.25) is 9.59 Å². The number of benzene rings is 1. The van der Waals surface area contributed by atoms with Crippen LogP contribution in [0.15, 0.2) is 24.0 Å². The molecule has 30 heavy (non-hydrogen) atoms. The van der Waals surface area contributed by atoms with Crippen molar-refractivity contribution in [2.24, 2.45) is 5.41 Å². The van der Waals surface area contributed by atoms with Gasteiger partial charge < -0.3 is 14.9 Å². The number of nitrogens with one attached hydrogen (secondary N) is 1. The maximum atomic E-state index is 13.2. The second-order valence-corrected chi connectivity index (χ2v) is 9.84. The van der Waals surface area contributed by atoms with Gasteiger partial charge in [0.2, 0.25) is 0 Å². The van der Waals surface area contributed by atoms with Crippen LogP contribution in [0, 0.1) is 12.3 Å². The van der Waals surface area contributed by atoms with E-state index < -0.39 is 11.0 Å². The predicted octanol–water partition coefficient (Wildman–Crippen LogP) is 3.70. The van der Waals surface area contributed by atoms with Crippen molar-refractivity contribution >= 4 is 17.4 Å². The number of esters is 1. The minimum absolute atomic E-state index is 0.167. The van der Waals surface area contributed by atoms with Gasteiger partial charge in [-0.25, -0.2) is 0 Å². The summed E-state index contributed by atoms with van der Waals surface area (Å²) in [6, 6.07) is 6.31. The Labute approximate surface area is 178 Å². The Morgan fingerprint density at radius 2 is 1.87 bits per heavy atom. The molecule has 4 rings (SSSR count). The molecule has 1 spiro atoms. The van der Waals surface area contributed by atoms with E-state index in [1.807, 2.05) is 38.8 Å². The molecule has 1 amide bonds. The number of hydroxylamine groups is 2. The van der Waals surface area contributed by atoms with Gasteiger partial charge >= 0.3 is 5.97 Å². The number of amides is 1. The van der Waals surface area contributed by atoms with Crippen molar-refractivity contribution in [1.82, 2.24) is 10.4 Å². The van der Waals surface area contributed by atoms with Crippen LogP contribution in [-0.2, 0) is 19.2 Å². The van der Waals surface area contributed by atoms with Crippen molar-refractivity contribution in [3.8, 4) is 0 Å². The first-order valence-electron chi connectivity index (χ1n) is 10.8. The van der Waals surface area contributed by atoms with Gasteiger partial charge in [-0.1, -0.05) is 18.2 Å². The Morgan fingerprint density at radius 1 is 1.20 bits per heavy atom. The van der Waals surface area contributed by atoms with Gasteiger partial charge in [-0.05, 0) is 76.0 Å². The van der Waals surface area contributed by atoms with E-state index in [0.29, 0.717) is 43.2 Å². The Hall–Kier alpha value is -2.18. The van der Waals surface area contributed by atoms with Crippen LogP contribution in [0.1, 0.15) is 69.1 Å². The topological polar surface area (TPSA) is 67.9 Å². The van der Waals surface area contributed by atoms with Gasteiger partial charge in [0, 0.05) is 13.1 Å². The van der Waals surface area contributed by atoms with E-state index in [1.165, 1.54) is 18.4 Å². The van der Waals surface area contributed by atoms with Crippen LogP contribution < -0.4 is 5.32 Å². The molecule has 0 aromatic heterocycles. The summed E-state index contributed by atoms with van der Waals surface area (Å²) >= 11 is 0. The zero-order valence-electron chi connectivity index (χ0n) is 18.6. The lowest BCUT2D eigenvalue weighted by molar-refractivity contribution is -0.159. The van der Waals surface area contributed by atoms with Gasteiger partial charge in [0.1, 0.15) is 11.3 Å². The molecular formula is C24H32N2O4. The van der Waals surface area contributed by atoms with Crippen LogP contribution in [0.4, 0.5) is 0 Å². The largest absolute Gasteiger partial charge is 0.427 e. The molecule has 0 atom stereocenters. The molecule has 6 nitrogen and oxygen atoms in total. The van der Waals surface area contributed by atoms with Gasteiger partial charge in [0.15, 0.2) is 0 Å². The summed E-state index contributed by atoms with van der Waals surface area (Å²) in [5.41, 5.74) is 2.37. The van der Waals surface area contributed by atoms with Crippen molar-refractivity contribution in [1.29, 1.82) is 0 Å². The zero-order valence-corrected chi connectivity index (χ0v) is 18.6. The second kappa shape index (κ2) is 7.50. The number of hydrogen-bond acceptors (Lipinski definition) is 5. The molecule has 0 bridgehead atoms. The van der Waals surface area contributed by atoms with Crippen LogP contribution >= 0.6 is 0 Å². The first-order valence-corrected chi connectivity index (χ1v) is 10.8. The molecule has 2 heterocycles. The fourth-order valence-corrected chi connectivity index (χ4v) is 4.36. The average Bonchev–Trinajstić information content (AvgIpc) is 3.50. The summed E-state index contributed by atoms with van der Waals surface area (Å²) in [5, 5.41) is 5.04. The van der Waals surface area contributed by atoms with E-state index in [2.05, 4.69) is 17.4 Å². The highest BCUT2D eigenvalue weighted by Gasteiger charge is 2.50. The van der Waals surface area contributed by atoms with E-state index >= 15 is 0 Å². The molecular weight excluding hydrogens is 380 g/mol. The number of carbonyl (C=O) groups excluding carboxylic acids is 2. The van der Waals surface area contributed by atoms with E-state index in [1.54, 1.807) is 7.11 Å². The van der Waals surface area contributed by atoms with Gasteiger partial charge in [0.05, 0.1) is 18.1 Å². The molecule has 2 aliphatic heterocycles. The van der Waals surface area contributed by atoms with Gasteiger partial charge in [-0.15, -0.1) is 0 Å². The molecule has 0 radical (unpaired) electrons. The lowest BCUT2D eigenvalue weighted by Gasteiger charge is -2.39. The standard InChI is InChI=1S/C24H32N2O4/c1-15-14-17(16-6-7-16)8-9-18(15)19-20(30-22(28)23(2,3)4)24(25-21(19)27)10-12-26(29-5)13-11-24/h8-9,14,16H,6-7,10-13H2,1-5H3,(H,25,27). The highest BCUT2D eigenvalue weighted by molar-refractivity contribution is 6.24. The molecule has 1 saturated carbocycles. The lowest BCUT2D eigenvalue weighted by Crippen LogP contribution is -2.53. The number of piperidine rings is 1. The van der Waals surface area contributed by atoms with Gasteiger partial charge in [0.25, 0.3) is 5.91 Å². The molecule has 1 aromatic carbocycles. The summed E-state index contributed by atoms with van der Waals surface area (Å²) < 4.78 is 6.02. The number of aryl methyl sites for hydroxylation is 1. The van der Waals surface area contributed by atoms with Crippen molar-refractivity contribution < 1.29 is 19.2 Å². The molecule has 1 aromatic rings. The first-order chi connectivity index (χ1) is 14.1. The number of rotatable bonds is 4. The molecule has 2 fully saturated rings. The minimum Gasteiger partial charge on any atom is -0.427 e. The zero-order chi connectivity index (χ0) is 21.7. The molecule has 0 unspecified atom stereocenters. The van der Waals surface area contributed by atoms with Gasteiger partial charge in [-0.2, -0.15) is 5.06 Å². The Morgan fingerprint density at radius 3 is 2.40 bits per heavy atom. The molecule has 162 valence electrons. The summed E-state index contributed by atoms with van der Waals surface area (Å²) in [4.78, 5) is 31.4. The number of hydrogen-bond donors (Lipinski definition) is 1.